The van der Waals surface area contributed by atoms with Gasteiger partial charge in [0.2, 0.25) is 0 Å². The van der Waals surface area contributed by atoms with Crippen LogP contribution in [-0.4, -0.2) is 6.54 Å². The van der Waals surface area contributed by atoms with Crippen LogP contribution in [0.15, 0.2) is 30.3 Å². The fraction of sp³-hybridized carbons (Fsp3) is 0.600. The van der Waals surface area contributed by atoms with Crippen LogP contribution < -0.4 is 5.32 Å². The van der Waals surface area contributed by atoms with Crippen LogP contribution >= 0.6 is 0 Å². The maximum Gasteiger partial charge on any atom is 0.0320 e. The van der Waals surface area contributed by atoms with Crippen molar-refractivity contribution in [2.24, 2.45) is 0 Å². The molecule has 0 aromatic heterocycles. The first-order valence-corrected chi connectivity index (χ1v) is 6.66. The van der Waals surface area contributed by atoms with E-state index in [0.29, 0.717) is 6.04 Å². The number of hydrogen-bond donors (Lipinski definition) is 1. The summed E-state index contributed by atoms with van der Waals surface area (Å²) in [5.41, 5.74) is 1.44. The molecule has 1 rings (SSSR count). The minimum atomic E-state index is 0.549. The van der Waals surface area contributed by atoms with Crippen molar-refractivity contribution in [1.29, 1.82) is 0 Å². The van der Waals surface area contributed by atoms with Crippen LogP contribution in [-0.2, 0) is 0 Å². The molecule has 0 amide bonds. The summed E-state index contributed by atoms with van der Waals surface area (Å²) in [6.07, 6.45) is 6.37. The standard InChI is InChI=1S/C15H25N/c1-3-5-12-15(16-13-6-4-2)14-10-8-7-9-11-14/h7-11,15-16H,3-6,12-13H2,1-2H3. The van der Waals surface area contributed by atoms with Crippen molar-refractivity contribution in [1.82, 2.24) is 5.32 Å². The molecule has 0 bridgehead atoms. The summed E-state index contributed by atoms with van der Waals surface area (Å²) in [6.45, 7) is 5.64. The van der Waals surface area contributed by atoms with Crippen molar-refractivity contribution >= 4 is 0 Å². The molecular formula is C15H25N. The maximum atomic E-state index is 3.67. The lowest BCUT2D eigenvalue weighted by atomic mass is 10.0. The molecule has 16 heavy (non-hydrogen) atoms. The second-order valence-corrected chi connectivity index (χ2v) is 4.41. The predicted molar refractivity (Wildman–Crippen MR) is 71.6 cm³/mol. The lowest BCUT2D eigenvalue weighted by molar-refractivity contribution is 0.474. The molecule has 90 valence electrons. The van der Waals surface area contributed by atoms with E-state index in [1.807, 2.05) is 0 Å². The Balaban J connectivity index is 2.49. The molecule has 0 radical (unpaired) electrons. The molecule has 1 nitrogen and oxygen atoms in total. The second kappa shape index (κ2) is 8.35. The topological polar surface area (TPSA) is 12.0 Å². The third kappa shape index (κ3) is 4.80. The molecule has 0 aliphatic carbocycles. The van der Waals surface area contributed by atoms with Gasteiger partial charge in [0.25, 0.3) is 0 Å². The molecule has 0 saturated carbocycles. The molecule has 0 fully saturated rings. The van der Waals surface area contributed by atoms with Gasteiger partial charge in [-0.1, -0.05) is 63.4 Å². The first kappa shape index (κ1) is 13.2. The highest BCUT2D eigenvalue weighted by molar-refractivity contribution is 5.18. The fourth-order valence-corrected chi connectivity index (χ4v) is 1.93. The van der Waals surface area contributed by atoms with Crippen LogP contribution in [0.1, 0.15) is 57.6 Å². The average molecular weight is 219 g/mol. The van der Waals surface area contributed by atoms with Crippen LogP contribution in [0.2, 0.25) is 0 Å². The molecule has 0 aliphatic rings. The molecular weight excluding hydrogens is 194 g/mol. The van der Waals surface area contributed by atoms with Gasteiger partial charge in [-0.05, 0) is 24.9 Å². The highest BCUT2D eigenvalue weighted by Gasteiger charge is 2.08. The summed E-state index contributed by atoms with van der Waals surface area (Å²) in [4.78, 5) is 0. The third-order valence-electron chi connectivity index (χ3n) is 2.97. The number of rotatable bonds is 8. The van der Waals surface area contributed by atoms with Crippen LogP contribution in [0, 0.1) is 0 Å². The Labute approximate surface area is 100 Å². The molecule has 1 unspecified atom stereocenters. The Kier molecular flexibility index (Phi) is 6.91. The molecule has 0 spiro atoms. The number of hydrogen-bond acceptors (Lipinski definition) is 1. The van der Waals surface area contributed by atoms with Crippen molar-refractivity contribution in [3.63, 3.8) is 0 Å². The highest BCUT2D eigenvalue weighted by Crippen LogP contribution is 2.18. The smallest absolute Gasteiger partial charge is 0.0320 e. The molecule has 1 aromatic carbocycles. The van der Waals surface area contributed by atoms with Gasteiger partial charge in [-0.3, -0.25) is 0 Å². The van der Waals surface area contributed by atoms with Gasteiger partial charge in [0.05, 0.1) is 0 Å². The first-order valence-electron chi connectivity index (χ1n) is 6.66. The van der Waals surface area contributed by atoms with E-state index in [1.54, 1.807) is 0 Å². The minimum Gasteiger partial charge on any atom is -0.310 e. The van der Waals surface area contributed by atoms with E-state index in [9.17, 15) is 0 Å². The van der Waals surface area contributed by atoms with Gasteiger partial charge in [0.15, 0.2) is 0 Å². The van der Waals surface area contributed by atoms with Gasteiger partial charge < -0.3 is 5.32 Å². The number of nitrogens with one attached hydrogen (secondary N) is 1. The van der Waals surface area contributed by atoms with Crippen molar-refractivity contribution < 1.29 is 0 Å². The van der Waals surface area contributed by atoms with Crippen LogP contribution in [0.4, 0.5) is 0 Å². The fourth-order valence-electron chi connectivity index (χ4n) is 1.93. The Morgan fingerprint density at radius 2 is 1.69 bits per heavy atom. The molecule has 0 heterocycles. The van der Waals surface area contributed by atoms with E-state index in [1.165, 1.54) is 37.7 Å². The largest absolute Gasteiger partial charge is 0.310 e. The van der Waals surface area contributed by atoms with Crippen molar-refractivity contribution in [2.75, 3.05) is 6.54 Å². The lowest BCUT2D eigenvalue weighted by Crippen LogP contribution is -2.22. The van der Waals surface area contributed by atoms with Gasteiger partial charge in [-0.2, -0.15) is 0 Å². The summed E-state index contributed by atoms with van der Waals surface area (Å²) in [7, 11) is 0. The number of benzene rings is 1. The zero-order valence-electron chi connectivity index (χ0n) is 10.7. The molecule has 0 aliphatic heterocycles. The molecule has 1 atom stereocenters. The van der Waals surface area contributed by atoms with Gasteiger partial charge in [0, 0.05) is 6.04 Å². The van der Waals surface area contributed by atoms with Gasteiger partial charge in [0.1, 0.15) is 0 Å². The highest BCUT2D eigenvalue weighted by atomic mass is 14.9. The van der Waals surface area contributed by atoms with Crippen molar-refractivity contribution in [3.8, 4) is 0 Å². The van der Waals surface area contributed by atoms with Crippen LogP contribution in [0.25, 0.3) is 0 Å². The Morgan fingerprint density at radius 1 is 1.00 bits per heavy atom. The Bertz CT molecular complexity index is 255. The van der Waals surface area contributed by atoms with Gasteiger partial charge in [-0.25, -0.2) is 0 Å². The molecule has 0 saturated heterocycles. The van der Waals surface area contributed by atoms with E-state index in [4.69, 9.17) is 0 Å². The minimum absolute atomic E-state index is 0.549. The predicted octanol–water partition coefficient (Wildman–Crippen LogP) is 4.31. The quantitative estimate of drug-likeness (QED) is 0.642. The van der Waals surface area contributed by atoms with Gasteiger partial charge >= 0.3 is 0 Å². The van der Waals surface area contributed by atoms with E-state index in [2.05, 4.69) is 49.5 Å². The summed E-state index contributed by atoms with van der Waals surface area (Å²) in [6, 6.07) is 11.4. The molecule has 1 heteroatoms. The van der Waals surface area contributed by atoms with E-state index in [0.717, 1.165) is 6.54 Å². The zero-order chi connectivity index (χ0) is 11.6. The first-order chi connectivity index (χ1) is 7.88. The average Bonchev–Trinajstić information content (AvgIpc) is 2.35. The zero-order valence-corrected chi connectivity index (χ0v) is 10.7. The number of unbranched alkanes of at least 4 members (excludes halogenated alkanes) is 2. The van der Waals surface area contributed by atoms with Gasteiger partial charge in [-0.15, -0.1) is 0 Å². The Morgan fingerprint density at radius 3 is 2.31 bits per heavy atom. The van der Waals surface area contributed by atoms with Crippen molar-refractivity contribution in [2.45, 2.75) is 52.0 Å². The summed E-state index contributed by atoms with van der Waals surface area (Å²) >= 11 is 0. The van der Waals surface area contributed by atoms with Crippen molar-refractivity contribution in [3.05, 3.63) is 35.9 Å². The monoisotopic (exact) mass is 219 g/mol. The van der Waals surface area contributed by atoms with E-state index in [-0.39, 0.29) is 0 Å². The summed E-state index contributed by atoms with van der Waals surface area (Å²) < 4.78 is 0. The van der Waals surface area contributed by atoms with Crippen LogP contribution in [0.3, 0.4) is 0 Å². The van der Waals surface area contributed by atoms with Crippen LogP contribution in [0.5, 0.6) is 0 Å². The molecule has 1 aromatic rings. The maximum absolute atomic E-state index is 3.67. The normalized spacial score (nSPS) is 12.6. The van der Waals surface area contributed by atoms with E-state index < -0.39 is 0 Å². The lowest BCUT2D eigenvalue weighted by Gasteiger charge is -2.18. The summed E-state index contributed by atoms with van der Waals surface area (Å²) in [5, 5.41) is 3.67. The molecule has 1 N–H and O–H groups in total. The summed E-state index contributed by atoms with van der Waals surface area (Å²) in [5.74, 6) is 0. The Hall–Kier alpha value is -0.820. The third-order valence-corrected chi connectivity index (χ3v) is 2.97. The SMILES string of the molecule is CCCCNC(CCCC)c1ccccc1. The second-order valence-electron chi connectivity index (χ2n) is 4.41. The van der Waals surface area contributed by atoms with E-state index >= 15 is 0 Å².